The number of nitrogens with zero attached hydrogens (tertiary/aromatic N) is 2. The number of primary amides is 1. The molecule has 1 heterocycles. The van der Waals surface area contributed by atoms with Crippen molar-refractivity contribution in [3.63, 3.8) is 0 Å². The number of rotatable bonds is 7. The van der Waals surface area contributed by atoms with E-state index in [1.165, 1.54) is 23.2 Å². The van der Waals surface area contributed by atoms with E-state index in [2.05, 4.69) is 15.6 Å². The zero-order valence-corrected chi connectivity index (χ0v) is 16.6. The van der Waals surface area contributed by atoms with E-state index in [1.807, 2.05) is 30.3 Å². The Bertz CT molecular complexity index is 1070. The van der Waals surface area contributed by atoms with Crippen molar-refractivity contribution in [2.75, 3.05) is 24.7 Å². The Hall–Kier alpha value is -3.94. The molecule has 2 amide bonds. The molecule has 8 heteroatoms. The van der Waals surface area contributed by atoms with Crippen LogP contribution >= 0.6 is 0 Å². The number of carbonyl (C=O) groups is 2. The van der Waals surface area contributed by atoms with E-state index in [0.717, 1.165) is 5.56 Å². The maximum Gasteiger partial charge on any atom is 0.256 e. The van der Waals surface area contributed by atoms with Gasteiger partial charge in [-0.15, -0.1) is 0 Å². The van der Waals surface area contributed by atoms with Crippen molar-refractivity contribution in [2.45, 2.75) is 6.54 Å². The lowest BCUT2D eigenvalue weighted by Crippen LogP contribution is -2.22. The second kappa shape index (κ2) is 9.04. The van der Waals surface area contributed by atoms with E-state index >= 15 is 0 Å². The number of aromatic nitrogens is 1. The predicted molar refractivity (Wildman–Crippen MR) is 114 cm³/mol. The van der Waals surface area contributed by atoms with Gasteiger partial charge in [-0.05, 0) is 23.8 Å². The van der Waals surface area contributed by atoms with Crippen LogP contribution in [0.3, 0.4) is 0 Å². The summed E-state index contributed by atoms with van der Waals surface area (Å²) in [4.78, 5) is 29.2. The molecule has 0 atom stereocenters. The lowest BCUT2D eigenvalue weighted by molar-refractivity contribution is 0.0823. The average Bonchev–Trinajstić information content (AvgIpc) is 2.72. The molecule has 0 bridgehead atoms. The van der Waals surface area contributed by atoms with Gasteiger partial charge in [0.1, 0.15) is 11.6 Å². The second-order valence-electron chi connectivity index (χ2n) is 6.84. The van der Waals surface area contributed by atoms with Crippen LogP contribution < -0.4 is 16.4 Å². The molecule has 0 aliphatic carbocycles. The molecule has 154 valence electrons. The number of nitrogens with one attached hydrogen (secondary N) is 2. The number of pyridine rings is 1. The number of hydrogen-bond acceptors (Lipinski definition) is 5. The van der Waals surface area contributed by atoms with Crippen LogP contribution in [0.2, 0.25) is 0 Å². The predicted octanol–water partition coefficient (Wildman–Crippen LogP) is 3.38. The number of halogens is 1. The molecule has 0 saturated heterocycles. The zero-order chi connectivity index (χ0) is 21.7. The van der Waals surface area contributed by atoms with E-state index in [-0.39, 0.29) is 11.1 Å². The summed E-state index contributed by atoms with van der Waals surface area (Å²) in [6.45, 7) is 0.487. The summed E-state index contributed by atoms with van der Waals surface area (Å²) in [5, 5.41) is 6.16. The highest BCUT2D eigenvalue weighted by atomic mass is 19.1. The van der Waals surface area contributed by atoms with Crippen molar-refractivity contribution >= 4 is 29.0 Å². The maximum atomic E-state index is 14.3. The van der Waals surface area contributed by atoms with Gasteiger partial charge in [0.2, 0.25) is 0 Å². The molecule has 0 radical (unpaired) electrons. The molecule has 2 aromatic carbocycles. The van der Waals surface area contributed by atoms with Crippen molar-refractivity contribution < 1.29 is 14.0 Å². The quantitative estimate of drug-likeness (QED) is 0.558. The third-order valence-corrected chi connectivity index (χ3v) is 4.37. The Balaban J connectivity index is 1.82. The summed E-state index contributed by atoms with van der Waals surface area (Å²) in [6.07, 6.45) is 1.36. The highest BCUT2D eigenvalue weighted by Gasteiger charge is 2.15. The molecule has 3 rings (SSSR count). The SMILES string of the molecule is CN(C)C(=O)c1ccc(Nc2cc(NCc3ccccc3)c(C(N)=O)cn2)cc1F. The van der Waals surface area contributed by atoms with Gasteiger partial charge in [-0.1, -0.05) is 30.3 Å². The van der Waals surface area contributed by atoms with E-state index < -0.39 is 17.6 Å². The molecule has 30 heavy (non-hydrogen) atoms. The van der Waals surface area contributed by atoms with E-state index in [4.69, 9.17) is 5.73 Å². The van der Waals surface area contributed by atoms with Crippen LogP contribution in [0.1, 0.15) is 26.3 Å². The highest BCUT2D eigenvalue weighted by molar-refractivity contribution is 5.98. The molecule has 0 aliphatic heterocycles. The van der Waals surface area contributed by atoms with Gasteiger partial charge in [0, 0.05) is 38.6 Å². The molecule has 0 fully saturated rings. The fourth-order valence-corrected chi connectivity index (χ4v) is 2.81. The number of carbonyl (C=O) groups excluding carboxylic acids is 2. The van der Waals surface area contributed by atoms with Crippen molar-refractivity contribution in [3.8, 4) is 0 Å². The Morgan fingerprint density at radius 3 is 2.43 bits per heavy atom. The third kappa shape index (κ3) is 4.91. The van der Waals surface area contributed by atoms with Gasteiger partial charge >= 0.3 is 0 Å². The number of amides is 2. The van der Waals surface area contributed by atoms with Crippen LogP contribution in [-0.4, -0.2) is 35.8 Å². The summed E-state index contributed by atoms with van der Waals surface area (Å²) >= 11 is 0. The Labute approximate surface area is 173 Å². The van der Waals surface area contributed by atoms with E-state index in [0.29, 0.717) is 23.7 Å². The van der Waals surface area contributed by atoms with Crippen LogP contribution in [0.15, 0.2) is 60.8 Å². The van der Waals surface area contributed by atoms with Gasteiger partial charge in [0.25, 0.3) is 11.8 Å². The van der Waals surface area contributed by atoms with E-state index in [9.17, 15) is 14.0 Å². The Kier molecular flexibility index (Phi) is 6.26. The van der Waals surface area contributed by atoms with Crippen molar-refractivity contribution in [3.05, 3.63) is 83.3 Å². The minimum absolute atomic E-state index is 0.0206. The fourth-order valence-electron chi connectivity index (χ4n) is 2.81. The standard InChI is InChI=1S/C22H22FN5O2/c1-28(2)22(30)16-9-8-15(10-18(16)23)27-20-11-19(17(13-26-20)21(24)29)25-12-14-6-4-3-5-7-14/h3-11,13H,12H2,1-2H3,(H2,24,29)(H2,25,26,27). The first-order valence-electron chi connectivity index (χ1n) is 9.21. The first kappa shape index (κ1) is 20.8. The number of anilines is 3. The van der Waals surface area contributed by atoms with Gasteiger partial charge < -0.3 is 21.3 Å². The van der Waals surface area contributed by atoms with Gasteiger partial charge in [-0.25, -0.2) is 9.37 Å². The summed E-state index contributed by atoms with van der Waals surface area (Å²) in [5.41, 5.74) is 7.62. The number of nitrogens with two attached hydrogens (primary N) is 1. The molecule has 0 spiro atoms. The van der Waals surface area contributed by atoms with Gasteiger partial charge in [-0.2, -0.15) is 0 Å². The summed E-state index contributed by atoms with van der Waals surface area (Å²) in [5.74, 6) is -1.28. The van der Waals surface area contributed by atoms with Crippen LogP contribution in [0.5, 0.6) is 0 Å². The first-order chi connectivity index (χ1) is 14.3. The third-order valence-electron chi connectivity index (χ3n) is 4.37. The minimum Gasteiger partial charge on any atom is -0.380 e. The fraction of sp³-hybridized carbons (Fsp3) is 0.136. The highest BCUT2D eigenvalue weighted by Crippen LogP contribution is 2.23. The molecule has 4 N–H and O–H groups in total. The number of hydrogen-bond donors (Lipinski definition) is 3. The summed E-state index contributed by atoms with van der Waals surface area (Å²) in [7, 11) is 3.12. The molecular weight excluding hydrogens is 385 g/mol. The van der Waals surface area contributed by atoms with E-state index in [1.54, 1.807) is 26.2 Å². The zero-order valence-electron chi connectivity index (χ0n) is 16.6. The topological polar surface area (TPSA) is 100 Å². The first-order valence-corrected chi connectivity index (χ1v) is 9.21. The smallest absolute Gasteiger partial charge is 0.256 e. The second-order valence-corrected chi connectivity index (χ2v) is 6.84. The van der Waals surface area contributed by atoms with Crippen LogP contribution in [0.4, 0.5) is 21.6 Å². The van der Waals surface area contributed by atoms with Crippen molar-refractivity contribution in [1.82, 2.24) is 9.88 Å². The lowest BCUT2D eigenvalue weighted by atomic mass is 10.1. The maximum absolute atomic E-state index is 14.3. The van der Waals surface area contributed by atoms with Crippen LogP contribution in [0, 0.1) is 5.82 Å². The Morgan fingerprint density at radius 1 is 1.07 bits per heavy atom. The van der Waals surface area contributed by atoms with Crippen LogP contribution in [-0.2, 0) is 6.54 Å². The molecule has 0 unspecified atom stereocenters. The molecule has 1 aromatic heterocycles. The lowest BCUT2D eigenvalue weighted by Gasteiger charge is -2.14. The molecular formula is C22H22FN5O2. The van der Waals surface area contributed by atoms with Gasteiger partial charge in [0.15, 0.2) is 0 Å². The molecule has 0 aliphatic rings. The molecule has 3 aromatic rings. The number of benzene rings is 2. The van der Waals surface area contributed by atoms with Gasteiger partial charge in [-0.3, -0.25) is 9.59 Å². The summed E-state index contributed by atoms with van der Waals surface area (Å²) in [6, 6.07) is 15.5. The Morgan fingerprint density at radius 2 is 1.80 bits per heavy atom. The van der Waals surface area contributed by atoms with Crippen molar-refractivity contribution in [2.24, 2.45) is 5.73 Å². The van der Waals surface area contributed by atoms with Crippen molar-refractivity contribution in [1.29, 1.82) is 0 Å². The average molecular weight is 407 g/mol. The minimum atomic E-state index is -0.644. The molecule has 7 nitrogen and oxygen atoms in total. The van der Waals surface area contributed by atoms with Crippen LogP contribution in [0.25, 0.3) is 0 Å². The largest absolute Gasteiger partial charge is 0.380 e. The van der Waals surface area contributed by atoms with Gasteiger partial charge in [0.05, 0.1) is 16.8 Å². The monoisotopic (exact) mass is 407 g/mol. The molecule has 0 saturated carbocycles. The summed E-state index contributed by atoms with van der Waals surface area (Å²) < 4.78 is 14.3. The normalized spacial score (nSPS) is 10.4.